The standard InChI is InChI=1S/C12H26N2O3S/c1-10(2)14-11(15)9-18(16,17)8-6-7-13-12(3,4)5/h10,13H,6-9H2,1-5H3,(H,14,15). The van der Waals surface area contributed by atoms with Gasteiger partial charge >= 0.3 is 0 Å². The zero-order valence-electron chi connectivity index (χ0n) is 12.0. The molecule has 0 radical (unpaired) electrons. The van der Waals surface area contributed by atoms with Crippen molar-refractivity contribution in [2.45, 2.75) is 52.6 Å². The van der Waals surface area contributed by atoms with E-state index in [4.69, 9.17) is 0 Å². The van der Waals surface area contributed by atoms with Gasteiger partial charge in [0.2, 0.25) is 5.91 Å². The summed E-state index contributed by atoms with van der Waals surface area (Å²) in [6.45, 7) is 10.3. The molecule has 5 nitrogen and oxygen atoms in total. The Balaban J connectivity index is 3.98. The van der Waals surface area contributed by atoms with Crippen LogP contribution in [0, 0.1) is 0 Å². The van der Waals surface area contributed by atoms with Gasteiger partial charge < -0.3 is 10.6 Å². The Morgan fingerprint density at radius 3 is 2.22 bits per heavy atom. The molecule has 0 saturated heterocycles. The fraction of sp³-hybridized carbons (Fsp3) is 0.917. The number of sulfone groups is 1. The van der Waals surface area contributed by atoms with Gasteiger partial charge in [0.05, 0.1) is 5.75 Å². The van der Waals surface area contributed by atoms with Crippen molar-refractivity contribution in [3.8, 4) is 0 Å². The molecule has 6 heteroatoms. The van der Waals surface area contributed by atoms with Crippen LogP contribution in [-0.4, -0.2) is 44.0 Å². The lowest BCUT2D eigenvalue weighted by atomic mass is 10.1. The van der Waals surface area contributed by atoms with Crippen LogP contribution in [0.25, 0.3) is 0 Å². The number of rotatable bonds is 7. The number of carbonyl (C=O) groups excluding carboxylic acids is 1. The second kappa shape index (κ2) is 7.09. The first-order valence-electron chi connectivity index (χ1n) is 6.27. The average molecular weight is 278 g/mol. The zero-order chi connectivity index (χ0) is 14.4. The van der Waals surface area contributed by atoms with E-state index in [9.17, 15) is 13.2 Å². The Kier molecular flexibility index (Phi) is 6.84. The molecule has 0 aliphatic rings. The van der Waals surface area contributed by atoms with E-state index >= 15 is 0 Å². The predicted molar refractivity (Wildman–Crippen MR) is 74.3 cm³/mol. The Morgan fingerprint density at radius 1 is 1.22 bits per heavy atom. The molecule has 0 spiro atoms. The molecule has 0 rings (SSSR count). The molecule has 0 aliphatic carbocycles. The molecule has 0 aliphatic heterocycles. The second-order valence-electron chi connectivity index (χ2n) is 5.84. The summed E-state index contributed by atoms with van der Waals surface area (Å²) in [5.74, 6) is -0.795. The smallest absolute Gasteiger partial charge is 0.235 e. The highest BCUT2D eigenvalue weighted by Crippen LogP contribution is 2.00. The highest BCUT2D eigenvalue weighted by Gasteiger charge is 2.17. The minimum atomic E-state index is -3.30. The van der Waals surface area contributed by atoms with Crippen molar-refractivity contribution >= 4 is 15.7 Å². The first-order chi connectivity index (χ1) is 8.02. The summed E-state index contributed by atoms with van der Waals surface area (Å²) in [7, 11) is -3.30. The highest BCUT2D eigenvalue weighted by atomic mass is 32.2. The van der Waals surface area contributed by atoms with Crippen LogP contribution in [0.1, 0.15) is 41.0 Å². The van der Waals surface area contributed by atoms with E-state index in [0.29, 0.717) is 13.0 Å². The largest absolute Gasteiger partial charge is 0.353 e. The molecule has 108 valence electrons. The van der Waals surface area contributed by atoms with Crippen LogP contribution in [0.4, 0.5) is 0 Å². The summed E-state index contributed by atoms with van der Waals surface area (Å²) in [5.41, 5.74) is -0.0151. The number of nitrogens with one attached hydrogen (secondary N) is 2. The van der Waals surface area contributed by atoms with Crippen molar-refractivity contribution in [3.05, 3.63) is 0 Å². The molecule has 0 bridgehead atoms. The van der Waals surface area contributed by atoms with Gasteiger partial charge in [-0.1, -0.05) is 0 Å². The fourth-order valence-corrected chi connectivity index (χ4v) is 2.60. The molecule has 0 atom stereocenters. The van der Waals surface area contributed by atoms with E-state index in [1.807, 2.05) is 20.8 Å². The van der Waals surface area contributed by atoms with E-state index in [-0.39, 0.29) is 17.3 Å². The van der Waals surface area contributed by atoms with Crippen molar-refractivity contribution in [3.63, 3.8) is 0 Å². The van der Waals surface area contributed by atoms with Crippen molar-refractivity contribution < 1.29 is 13.2 Å². The monoisotopic (exact) mass is 278 g/mol. The molecule has 0 aromatic heterocycles. The molecular formula is C12H26N2O3S. The van der Waals surface area contributed by atoms with Gasteiger partial charge in [0, 0.05) is 11.6 Å². The third-order valence-corrected chi connectivity index (χ3v) is 3.70. The van der Waals surface area contributed by atoms with Crippen LogP contribution in [0.3, 0.4) is 0 Å². The molecular weight excluding hydrogens is 252 g/mol. The van der Waals surface area contributed by atoms with Gasteiger partial charge in [-0.15, -0.1) is 0 Å². The molecule has 0 aromatic carbocycles. The van der Waals surface area contributed by atoms with Crippen LogP contribution in [0.5, 0.6) is 0 Å². The Hall–Kier alpha value is -0.620. The average Bonchev–Trinajstić information content (AvgIpc) is 2.08. The maximum Gasteiger partial charge on any atom is 0.235 e. The molecule has 2 N–H and O–H groups in total. The molecule has 0 unspecified atom stereocenters. The van der Waals surface area contributed by atoms with Gasteiger partial charge in [0.15, 0.2) is 9.84 Å². The maximum absolute atomic E-state index is 11.7. The zero-order valence-corrected chi connectivity index (χ0v) is 12.9. The Labute approximate surface area is 111 Å². The maximum atomic E-state index is 11.7. The van der Waals surface area contributed by atoms with Gasteiger partial charge in [-0.05, 0) is 47.6 Å². The second-order valence-corrected chi connectivity index (χ2v) is 8.03. The third-order valence-electron chi connectivity index (χ3n) is 2.09. The molecule has 18 heavy (non-hydrogen) atoms. The lowest BCUT2D eigenvalue weighted by molar-refractivity contribution is -0.119. The van der Waals surface area contributed by atoms with Gasteiger partial charge in [-0.2, -0.15) is 0 Å². The minimum Gasteiger partial charge on any atom is -0.353 e. The van der Waals surface area contributed by atoms with Crippen LogP contribution in [0.2, 0.25) is 0 Å². The van der Waals surface area contributed by atoms with Crippen molar-refractivity contribution in [2.24, 2.45) is 0 Å². The summed E-state index contributed by atoms with van der Waals surface area (Å²) in [5, 5.41) is 5.79. The Morgan fingerprint density at radius 2 is 1.78 bits per heavy atom. The number of carbonyl (C=O) groups is 1. The number of hydrogen-bond acceptors (Lipinski definition) is 4. The van der Waals surface area contributed by atoms with Crippen molar-refractivity contribution in [1.82, 2.24) is 10.6 Å². The van der Waals surface area contributed by atoms with Crippen molar-refractivity contribution in [1.29, 1.82) is 0 Å². The number of amides is 1. The van der Waals surface area contributed by atoms with Crippen LogP contribution < -0.4 is 10.6 Å². The number of hydrogen-bond donors (Lipinski definition) is 2. The molecule has 0 heterocycles. The minimum absolute atomic E-state index is 0.0151. The SMILES string of the molecule is CC(C)NC(=O)CS(=O)(=O)CCCNC(C)(C)C. The first kappa shape index (κ1) is 17.4. The quantitative estimate of drug-likeness (QED) is 0.672. The van der Waals surface area contributed by atoms with Gasteiger partial charge in [-0.25, -0.2) is 8.42 Å². The lowest BCUT2D eigenvalue weighted by Gasteiger charge is -2.20. The molecule has 0 aromatic rings. The van der Waals surface area contributed by atoms with Gasteiger partial charge in [0.25, 0.3) is 0 Å². The first-order valence-corrected chi connectivity index (χ1v) is 8.09. The summed E-state index contributed by atoms with van der Waals surface area (Å²) in [6, 6.07) is -0.0322. The van der Waals surface area contributed by atoms with Crippen LogP contribution in [0.15, 0.2) is 0 Å². The summed E-state index contributed by atoms with van der Waals surface area (Å²) >= 11 is 0. The normalized spacial score (nSPS) is 12.8. The summed E-state index contributed by atoms with van der Waals surface area (Å²) in [4.78, 5) is 11.4. The van der Waals surface area contributed by atoms with Crippen LogP contribution in [-0.2, 0) is 14.6 Å². The van der Waals surface area contributed by atoms with Gasteiger partial charge in [-0.3, -0.25) is 4.79 Å². The van der Waals surface area contributed by atoms with E-state index < -0.39 is 21.5 Å². The highest BCUT2D eigenvalue weighted by molar-refractivity contribution is 7.92. The van der Waals surface area contributed by atoms with Gasteiger partial charge in [0.1, 0.15) is 5.75 Å². The van der Waals surface area contributed by atoms with Crippen molar-refractivity contribution in [2.75, 3.05) is 18.1 Å². The molecule has 1 amide bonds. The van der Waals surface area contributed by atoms with Crippen LogP contribution >= 0.6 is 0 Å². The summed E-state index contributed by atoms with van der Waals surface area (Å²) in [6.07, 6.45) is 0.522. The van der Waals surface area contributed by atoms with E-state index in [2.05, 4.69) is 10.6 Å². The Bertz CT molecular complexity index is 356. The lowest BCUT2D eigenvalue weighted by Crippen LogP contribution is -2.38. The predicted octanol–water partition coefficient (Wildman–Crippen LogP) is 0.704. The van der Waals surface area contributed by atoms with E-state index in [1.54, 1.807) is 13.8 Å². The topological polar surface area (TPSA) is 75.3 Å². The molecule has 0 saturated carbocycles. The third kappa shape index (κ3) is 10.5. The summed E-state index contributed by atoms with van der Waals surface area (Å²) < 4.78 is 23.3. The fourth-order valence-electron chi connectivity index (χ4n) is 1.39. The van der Waals surface area contributed by atoms with E-state index in [0.717, 1.165) is 0 Å². The van der Waals surface area contributed by atoms with E-state index in [1.165, 1.54) is 0 Å². The molecule has 0 fully saturated rings.